The maximum atomic E-state index is 13.9. The Morgan fingerprint density at radius 3 is 2.63 bits per heavy atom. The van der Waals surface area contributed by atoms with E-state index >= 15 is 0 Å². The van der Waals surface area contributed by atoms with Gasteiger partial charge in [0.2, 0.25) is 0 Å². The summed E-state index contributed by atoms with van der Waals surface area (Å²) in [6.45, 7) is 0.242. The highest BCUT2D eigenvalue weighted by atomic mass is 32.2. The van der Waals surface area contributed by atoms with Crippen molar-refractivity contribution in [3.05, 3.63) is 29.6 Å². The largest absolute Gasteiger partial charge is 0.379 e. The molecule has 0 spiro atoms. The lowest BCUT2D eigenvalue weighted by Crippen LogP contribution is -2.41. The molecule has 104 valence electrons. The van der Waals surface area contributed by atoms with Crippen LogP contribution in [0.3, 0.4) is 0 Å². The fourth-order valence-electron chi connectivity index (χ4n) is 1.74. The van der Waals surface area contributed by atoms with Gasteiger partial charge in [-0.25, -0.2) is 12.8 Å². The molecule has 0 saturated carbocycles. The summed E-state index contributed by atoms with van der Waals surface area (Å²) >= 11 is 0. The molecule has 5 nitrogen and oxygen atoms in total. The number of carbonyl (C=O) groups is 1. The number of rotatable bonds is 5. The van der Waals surface area contributed by atoms with E-state index < -0.39 is 20.9 Å². The molecule has 1 fully saturated rings. The molecule has 1 aromatic rings. The molecule has 1 N–H and O–H groups in total. The van der Waals surface area contributed by atoms with E-state index in [0.717, 1.165) is 12.1 Å². The van der Waals surface area contributed by atoms with Crippen LogP contribution in [0.5, 0.6) is 0 Å². The van der Waals surface area contributed by atoms with Crippen LogP contribution in [0.2, 0.25) is 0 Å². The van der Waals surface area contributed by atoms with Crippen molar-refractivity contribution in [1.82, 2.24) is 5.32 Å². The molecular weight excluding hydrogens is 273 g/mol. The van der Waals surface area contributed by atoms with Crippen molar-refractivity contribution in [1.29, 1.82) is 0 Å². The van der Waals surface area contributed by atoms with Gasteiger partial charge < -0.3 is 10.1 Å². The third-order valence-corrected chi connectivity index (χ3v) is 5.04. The van der Waals surface area contributed by atoms with Crippen LogP contribution >= 0.6 is 0 Å². The Balaban J connectivity index is 2.31. The van der Waals surface area contributed by atoms with Crippen molar-refractivity contribution in [2.24, 2.45) is 0 Å². The molecule has 1 saturated heterocycles. The first kappa shape index (κ1) is 14.1. The normalized spacial score (nSPS) is 16.1. The monoisotopic (exact) mass is 287 g/mol. The highest BCUT2D eigenvalue weighted by molar-refractivity contribution is 7.92. The maximum Gasteiger partial charge on any atom is 0.188 e. The second kappa shape index (κ2) is 5.36. The Morgan fingerprint density at radius 2 is 2.16 bits per heavy atom. The highest BCUT2D eigenvalue weighted by Gasteiger charge is 2.35. The van der Waals surface area contributed by atoms with E-state index in [1.165, 1.54) is 6.07 Å². The van der Waals surface area contributed by atoms with Crippen molar-refractivity contribution >= 4 is 15.6 Å². The quantitative estimate of drug-likeness (QED) is 0.794. The van der Waals surface area contributed by atoms with Gasteiger partial charge in [-0.2, -0.15) is 0 Å². The molecule has 19 heavy (non-hydrogen) atoms. The number of Topliss-reactive ketones (excluding diaryl/α,β-unsaturated/α-hetero) is 1. The molecule has 0 amide bonds. The first-order valence-electron chi connectivity index (χ1n) is 5.76. The highest BCUT2D eigenvalue weighted by Crippen LogP contribution is 2.24. The molecule has 2 rings (SSSR count). The van der Waals surface area contributed by atoms with E-state index in [1.807, 2.05) is 0 Å². The van der Waals surface area contributed by atoms with Gasteiger partial charge in [0.15, 0.2) is 15.6 Å². The van der Waals surface area contributed by atoms with E-state index in [1.54, 1.807) is 7.05 Å². The number of likely N-dealkylation sites (N-methyl/N-ethyl adjacent to an activating group) is 1. The average molecular weight is 287 g/mol. The lowest BCUT2D eigenvalue weighted by molar-refractivity contribution is 0.0415. The summed E-state index contributed by atoms with van der Waals surface area (Å²) in [6.07, 6.45) is 0. The van der Waals surface area contributed by atoms with Gasteiger partial charge in [0.25, 0.3) is 0 Å². The molecule has 1 aromatic carbocycles. The van der Waals surface area contributed by atoms with Crippen LogP contribution in [0.1, 0.15) is 10.4 Å². The first-order valence-corrected chi connectivity index (χ1v) is 7.30. The van der Waals surface area contributed by atoms with Crippen LogP contribution in [0.15, 0.2) is 23.1 Å². The summed E-state index contributed by atoms with van der Waals surface area (Å²) in [6, 6.07) is 3.44. The van der Waals surface area contributed by atoms with Crippen LogP contribution < -0.4 is 5.32 Å². The second-order valence-electron chi connectivity index (χ2n) is 4.30. The number of ether oxygens (including phenoxy) is 1. The van der Waals surface area contributed by atoms with E-state index in [4.69, 9.17) is 4.74 Å². The van der Waals surface area contributed by atoms with Crippen molar-refractivity contribution < 1.29 is 22.3 Å². The van der Waals surface area contributed by atoms with Gasteiger partial charge in [0, 0.05) is 5.56 Å². The summed E-state index contributed by atoms with van der Waals surface area (Å²) < 4.78 is 42.7. The van der Waals surface area contributed by atoms with Crippen LogP contribution in [0, 0.1) is 5.82 Å². The minimum absolute atomic E-state index is 0.0714. The predicted octanol–water partition coefficient (Wildman–Crippen LogP) is 0.400. The Hall–Kier alpha value is -1.31. The number of hydrogen-bond donors (Lipinski definition) is 1. The SMILES string of the molecule is CNCC(=O)c1ccc(S(=O)(=O)C2COC2)c(F)c1. The number of nitrogens with one attached hydrogen (secondary N) is 1. The molecule has 0 unspecified atom stereocenters. The van der Waals surface area contributed by atoms with Gasteiger partial charge in [-0.3, -0.25) is 4.79 Å². The Kier molecular flexibility index (Phi) is 3.98. The van der Waals surface area contributed by atoms with Gasteiger partial charge in [0.1, 0.15) is 16.0 Å². The topological polar surface area (TPSA) is 72.5 Å². The fourth-order valence-corrected chi connectivity index (χ4v) is 3.24. The van der Waals surface area contributed by atoms with Gasteiger partial charge in [-0.1, -0.05) is 0 Å². The standard InChI is InChI=1S/C12H14FNO4S/c1-14-5-11(15)8-2-3-12(10(13)4-8)19(16,17)9-6-18-7-9/h2-4,9,14H,5-7H2,1H3. The van der Waals surface area contributed by atoms with Crippen molar-refractivity contribution in [2.75, 3.05) is 26.8 Å². The zero-order valence-electron chi connectivity index (χ0n) is 10.3. The Bertz CT molecular complexity index is 596. The number of ketones is 1. The third kappa shape index (κ3) is 2.68. The lowest BCUT2D eigenvalue weighted by Gasteiger charge is -2.25. The minimum atomic E-state index is -3.71. The van der Waals surface area contributed by atoms with Crippen LogP contribution in [-0.4, -0.2) is 46.3 Å². The van der Waals surface area contributed by atoms with Crippen LogP contribution in [-0.2, 0) is 14.6 Å². The lowest BCUT2D eigenvalue weighted by atomic mass is 10.1. The molecule has 1 aliphatic rings. The van der Waals surface area contributed by atoms with Crippen molar-refractivity contribution in [3.63, 3.8) is 0 Å². The Morgan fingerprint density at radius 1 is 1.47 bits per heavy atom. The molecule has 0 radical (unpaired) electrons. The van der Waals surface area contributed by atoms with Crippen molar-refractivity contribution in [3.8, 4) is 0 Å². The summed E-state index contributed by atoms with van der Waals surface area (Å²) in [4.78, 5) is 11.2. The minimum Gasteiger partial charge on any atom is -0.379 e. The molecule has 0 atom stereocenters. The van der Waals surface area contributed by atoms with E-state index in [2.05, 4.69) is 5.32 Å². The summed E-state index contributed by atoms with van der Waals surface area (Å²) in [5.74, 6) is -1.19. The molecule has 0 aliphatic carbocycles. The molecule has 7 heteroatoms. The zero-order chi connectivity index (χ0) is 14.0. The molecular formula is C12H14FNO4S. The summed E-state index contributed by atoms with van der Waals surface area (Å²) in [7, 11) is -2.11. The average Bonchev–Trinajstić information content (AvgIpc) is 2.25. The smallest absolute Gasteiger partial charge is 0.188 e. The predicted molar refractivity (Wildman–Crippen MR) is 66.5 cm³/mol. The summed E-state index contributed by atoms with van der Waals surface area (Å²) in [5, 5.41) is 1.97. The maximum absolute atomic E-state index is 13.9. The number of benzene rings is 1. The Labute approximate surface area is 110 Å². The number of carbonyl (C=O) groups excluding carboxylic acids is 1. The molecule has 0 bridgehead atoms. The van der Waals surface area contributed by atoms with E-state index in [-0.39, 0.29) is 36.0 Å². The number of halogens is 1. The van der Waals surface area contributed by atoms with Crippen molar-refractivity contribution in [2.45, 2.75) is 10.1 Å². The molecule has 1 aliphatic heterocycles. The first-order chi connectivity index (χ1) is 8.96. The van der Waals surface area contributed by atoms with E-state index in [0.29, 0.717) is 0 Å². The number of sulfone groups is 1. The van der Waals surface area contributed by atoms with Gasteiger partial charge in [-0.05, 0) is 25.2 Å². The third-order valence-electron chi connectivity index (χ3n) is 2.94. The van der Waals surface area contributed by atoms with Crippen LogP contribution in [0.4, 0.5) is 4.39 Å². The fraction of sp³-hybridized carbons (Fsp3) is 0.417. The van der Waals surface area contributed by atoms with E-state index in [9.17, 15) is 17.6 Å². The number of hydrogen-bond acceptors (Lipinski definition) is 5. The zero-order valence-corrected chi connectivity index (χ0v) is 11.2. The molecule has 0 aromatic heterocycles. The summed E-state index contributed by atoms with van der Waals surface area (Å²) in [5.41, 5.74) is 0.149. The van der Waals surface area contributed by atoms with Gasteiger partial charge in [-0.15, -0.1) is 0 Å². The van der Waals surface area contributed by atoms with Gasteiger partial charge in [0.05, 0.1) is 19.8 Å². The van der Waals surface area contributed by atoms with Gasteiger partial charge >= 0.3 is 0 Å². The second-order valence-corrected chi connectivity index (χ2v) is 6.50. The molecule has 1 heterocycles. The van der Waals surface area contributed by atoms with Crippen LogP contribution in [0.25, 0.3) is 0 Å².